The Labute approximate surface area is 113 Å². The molecule has 1 aliphatic rings. The van der Waals surface area contributed by atoms with E-state index in [1.54, 1.807) is 6.07 Å². The fourth-order valence-corrected chi connectivity index (χ4v) is 2.29. The molecule has 0 saturated carbocycles. The summed E-state index contributed by atoms with van der Waals surface area (Å²) >= 11 is 4.28. The first-order valence-electron chi connectivity index (χ1n) is 6.26. The first-order chi connectivity index (χ1) is 8.77. The fourth-order valence-electron chi connectivity index (χ4n) is 2.02. The molecule has 1 aromatic rings. The predicted molar refractivity (Wildman–Crippen MR) is 75.3 cm³/mol. The minimum absolute atomic E-state index is 0.0456. The summed E-state index contributed by atoms with van der Waals surface area (Å²) in [6, 6.07) is 7.35. The first-order valence-corrected chi connectivity index (χ1v) is 6.71. The number of benzene rings is 1. The molecule has 0 atom stereocenters. The topological polar surface area (TPSA) is 44.4 Å². The maximum atomic E-state index is 11.9. The van der Waals surface area contributed by atoms with E-state index in [4.69, 9.17) is 0 Å². The zero-order chi connectivity index (χ0) is 12.8. The highest BCUT2D eigenvalue weighted by Crippen LogP contribution is 2.12. The van der Waals surface area contributed by atoms with Gasteiger partial charge in [0.05, 0.1) is 5.56 Å². The second-order valence-electron chi connectivity index (χ2n) is 4.36. The van der Waals surface area contributed by atoms with Crippen molar-refractivity contribution in [1.82, 2.24) is 15.5 Å². The van der Waals surface area contributed by atoms with Gasteiger partial charge in [0.25, 0.3) is 5.91 Å². The van der Waals surface area contributed by atoms with Gasteiger partial charge in [-0.1, -0.05) is 12.1 Å². The van der Waals surface area contributed by atoms with Crippen LogP contribution in [0.15, 0.2) is 29.2 Å². The average Bonchev–Trinajstić information content (AvgIpc) is 2.40. The molecule has 0 aromatic heterocycles. The molecule has 0 spiro atoms. The van der Waals surface area contributed by atoms with Gasteiger partial charge in [-0.2, -0.15) is 0 Å². The number of nitrogens with one attached hydrogen (secondary N) is 2. The molecule has 1 aliphatic heterocycles. The maximum absolute atomic E-state index is 11.9. The summed E-state index contributed by atoms with van der Waals surface area (Å²) < 4.78 is 0. The minimum atomic E-state index is -0.0456. The quantitative estimate of drug-likeness (QED) is 0.699. The van der Waals surface area contributed by atoms with Crippen LogP contribution in [0.25, 0.3) is 0 Å². The molecule has 1 saturated heterocycles. The normalized spacial score (nSPS) is 16.5. The molecule has 4 nitrogen and oxygen atoms in total. The average molecular weight is 265 g/mol. The van der Waals surface area contributed by atoms with E-state index < -0.39 is 0 Å². The van der Waals surface area contributed by atoms with Crippen molar-refractivity contribution < 1.29 is 4.79 Å². The third-order valence-corrected chi connectivity index (χ3v) is 3.46. The maximum Gasteiger partial charge on any atom is 0.252 e. The van der Waals surface area contributed by atoms with Crippen LogP contribution in [0.1, 0.15) is 10.4 Å². The molecular weight excluding hydrogens is 246 g/mol. The fraction of sp³-hybridized carbons (Fsp3) is 0.462. The Kier molecular flexibility index (Phi) is 5.04. The van der Waals surface area contributed by atoms with Crippen molar-refractivity contribution >= 4 is 18.5 Å². The van der Waals surface area contributed by atoms with Gasteiger partial charge in [-0.05, 0) is 12.1 Å². The van der Waals surface area contributed by atoms with Crippen LogP contribution in [0.4, 0.5) is 0 Å². The molecule has 0 bridgehead atoms. The molecule has 2 N–H and O–H groups in total. The number of hydrogen-bond donors (Lipinski definition) is 3. The van der Waals surface area contributed by atoms with Crippen molar-refractivity contribution in [2.24, 2.45) is 0 Å². The monoisotopic (exact) mass is 265 g/mol. The van der Waals surface area contributed by atoms with Crippen molar-refractivity contribution in [3.8, 4) is 0 Å². The highest BCUT2D eigenvalue weighted by atomic mass is 32.1. The Morgan fingerprint density at radius 2 is 2.06 bits per heavy atom. The molecule has 2 rings (SSSR count). The Morgan fingerprint density at radius 1 is 1.33 bits per heavy atom. The molecule has 1 fully saturated rings. The van der Waals surface area contributed by atoms with Gasteiger partial charge in [0.2, 0.25) is 0 Å². The first kappa shape index (κ1) is 13.4. The lowest BCUT2D eigenvalue weighted by atomic mass is 10.2. The molecule has 5 heteroatoms. The third-order valence-electron chi connectivity index (χ3n) is 3.07. The van der Waals surface area contributed by atoms with Crippen molar-refractivity contribution in [1.29, 1.82) is 0 Å². The predicted octanol–water partition coefficient (Wildman–Crippen LogP) is 0.610. The Balaban J connectivity index is 1.76. The molecule has 98 valence electrons. The van der Waals surface area contributed by atoms with Crippen LogP contribution in [-0.4, -0.2) is 50.1 Å². The number of hydrogen-bond acceptors (Lipinski definition) is 4. The zero-order valence-corrected chi connectivity index (χ0v) is 11.2. The van der Waals surface area contributed by atoms with E-state index in [1.165, 1.54) is 0 Å². The van der Waals surface area contributed by atoms with E-state index in [2.05, 4.69) is 28.2 Å². The summed E-state index contributed by atoms with van der Waals surface area (Å²) in [5.74, 6) is -0.0456. The van der Waals surface area contributed by atoms with E-state index >= 15 is 0 Å². The van der Waals surface area contributed by atoms with Crippen molar-refractivity contribution in [2.75, 3.05) is 39.3 Å². The number of thiol groups is 1. The standard InChI is InChI=1S/C13H19N3OS/c17-13(11-3-1-2-4-12(11)18)15-7-10-16-8-5-14-6-9-16/h1-4,14,18H,5-10H2,(H,15,17). The molecule has 0 aliphatic carbocycles. The second-order valence-corrected chi connectivity index (χ2v) is 4.85. The SMILES string of the molecule is O=C(NCCN1CCNCC1)c1ccccc1S. The largest absolute Gasteiger partial charge is 0.351 e. The molecule has 0 radical (unpaired) electrons. The summed E-state index contributed by atoms with van der Waals surface area (Å²) in [5.41, 5.74) is 0.640. The Bertz CT molecular complexity index is 405. The molecule has 1 amide bonds. The highest BCUT2D eigenvalue weighted by molar-refractivity contribution is 7.80. The van der Waals surface area contributed by atoms with Crippen molar-refractivity contribution in [3.05, 3.63) is 29.8 Å². The zero-order valence-electron chi connectivity index (χ0n) is 10.4. The van der Waals surface area contributed by atoms with Gasteiger partial charge in [-0.15, -0.1) is 12.6 Å². The van der Waals surface area contributed by atoms with Crippen LogP contribution in [0, 0.1) is 0 Å². The number of nitrogens with zero attached hydrogens (tertiary/aromatic N) is 1. The second kappa shape index (κ2) is 6.78. The van der Waals surface area contributed by atoms with Gasteiger partial charge in [-0.3, -0.25) is 9.69 Å². The van der Waals surface area contributed by atoms with E-state index in [0.29, 0.717) is 12.1 Å². The van der Waals surface area contributed by atoms with Crippen molar-refractivity contribution in [3.63, 3.8) is 0 Å². The number of piperazine rings is 1. The molecule has 0 unspecified atom stereocenters. The lowest BCUT2D eigenvalue weighted by Crippen LogP contribution is -2.46. The summed E-state index contributed by atoms with van der Waals surface area (Å²) in [6.45, 7) is 5.77. The van der Waals surface area contributed by atoms with Gasteiger partial charge in [-0.25, -0.2) is 0 Å². The van der Waals surface area contributed by atoms with E-state index in [-0.39, 0.29) is 5.91 Å². The van der Waals surface area contributed by atoms with Crippen LogP contribution in [-0.2, 0) is 0 Å². The Morgan fingerprint density at radius 3 is 2.78 bits per heavy atom. The summed E-state index contributed by atoms with van der Waals surface area (Å²) in [6.07, 6.45) is 0. The van der Waals surface area contributed by atoms with Crippen molar-refractivity contribution in [2.45, 2.75) is 4.90 Å². The molecule has 1 heterocycles. The van der Waals surface area contributed by atoms with E-state index in [9.17, 15) is 4.79 Å². The van der Waals surface area contributed by atoms with Gasteiger partial charge in [0.1, 0.15) is 0 Å². The highest BCUT2D eigenvalue weighted by Gasteiger charge is 2.11. The molecule has 18 heavy (non-hydrogen) atoms. The van der Waals surface area contributed by atoms with E-state index in [1.807, 2.05) is 18.2 Å². The lowest BCUT2D eigenvalue weighted by molar-refractivity contribution is 0.0944. The lowest BCUT2D eigenvalue weighted by Gasteiger charge is -2.27. The Hall–Kier alpha value is -1.04. The number of carbonyl (C=O) groups is 1. The van der Waals surface area contributed by atoms with Crippen LogP contribution in [0.3, 0.4) is 0 Å². The van der Waals surface area contributed by atoms with Gasteiger partial charge in [0, 0.05) is 44.2 Å². The number of rotatable bonds is 4. The van der Waals surface area contributed by atoms with E-state index in [0.717, 1.165) is 37.6 Å². The number of amides is 1. The molecular formula is C13H19N3OS. The summed E-state index contributed by atoms with van der Waals surface area (Å²) in [5, 5.41) is 6.25. The van der Waals surface area contributed by atoms with Crippen LogP contribution < -0.4 is 10.6 Å². The van der Waals surface area contributed by atoms with Gasteiger partial charge >= 0.3 is 0 Å². The van der Waals surface area contributed by atoms with Crippen LogP contribution in [0.2, 0.25) is 0 Å². The number of carbonyl (C=O) groups excluding carboxylic acids is 1. The van der Waals surface area contributed by atoms with Gasteiger partial charge < -0.3 is 10.6 Å². The van der Waals surface area contributed by atoms with Crippen LogP contribution in [0.5, 0.6) is 0 Å². The summed E-state index contributed by atoms with van der Waals surface area (Å²) in [7, 11) is 0. The minimum Gasteiger partial charge on any atom is -0.351 e. The van der Waals surface area contributed by atoms with Crippen LogP contribution >= 0.6 is 12.6 Å². The summed E-state index contributed by atoms with van der Waals surface area (Å²) in [4.78, 5) is 15.0. The smallest absolute Gasteiger partial charge is 0.252 e. The third kappa shape index (κ3) is 3.73. The van der Waals surface area contributed by atoms with Gasteiger partial charge in [0.15, 0.2) is 0 Å². The molecule has 1 aromatic carbocycles.